The molecule has 2 saturated heterocycles. The molecule has 12 heteroatoms. The van der Waals surface area contributed by atoms with Gasteiger partial charge in [-0.1, -0.05) is 24.9 Å². The normalized spacial score (nSPS) is 22.0. The van der Waals surface area contributed by atoms with Crippen molar-refractivity contribution >= 4 is 44.7 Å². The molecule has 2 fully saturated rings. The van der Waals surface area contributed by atoms with Crippen molar-refractivity contribution in [1.29, 1.82) is 0 Å². The maximum Gasteiger partial charge on any atom is 0.256 e. The number of nitrogens with two attached hydrogens (primary N) is 1. The molecule has 1 amide bonds. The van der Waals surface area contributed by atoms with E-state index >= 15 is 0 Å². The molecule has 3 atom stereocenters. The van der Waals surface area contributed by atoms with Gasteiger partial charge in [-0.2, -0.15) is 5.10 Å². The second kappa shape index (κ2) is 10.9. The number of sulfonamides is 1. The number of hydrogen-bond acceptors (Lipinski definition) is 7. The van der Waals surface area contributed by atoms with Crippen molar-refractivity contribution in [1.82, 2.24) is 19.5 Å². The van der Waals surface area contributed by atoms with Gasteiger partial charge in [0.2, 0.25) is 10.0 Å². The van der Waals surface area contributed by atoms with Gasteiger partial charge in [-0.25, -0.2) is 17.9 Å². The summed E-state index contributed by atoms with van der Waals surface area (Å²) in [6.07, 6.45) is 7.81. The number of nitrogens with one attached hydrogen (secondary N) is 1. The van der Waals surface area contributed by atoms with Crippen LogP contribution in [0, 0.1) is 12.8 Å². The van der Waals surface area contributed by atoms with Gasteiger partial charge in [-0.3, -0.25) is 9.52 Å². The van der Waals surface area contributed by atoms with Crippen LogP contribution in [0.25, 0.3) is 5.65 Å². The van der Waals surface area contributed by atoms with E-state index in [4.69, 9.17) is 27.4 Å². The average Bonchev–Trinajstić information content (AvgIpc) is 3.46. The van der Waals surface area contributed by atoms with Crippen molar-refractivity contribution < 1.29 is 13.2 Å². The molecule has 2 aliphatic heterocycles. The Bertz CT molecular complexity index is 1490. The third-order valence-electron chi connectivity index (χ3n) is 7.69. The van der Waals surface area contributed by atoms with Crippen molar-refractivity contribution in [3.05, 3.63) is 52.3 Å². The second-order valence-corrected chi connectivity index (χ2v) is 13.0. The Morgan fingerprint density at radius 3 is 2.77 bits per heavy atom. The van der Waals surface area contributed by atoms with Gasteiger partial charge in [-0.05, 0) is 56.7 Å². The largest absolute Gasteiger partial charge is 0.354 e. The molecule has 10 nitrogen and oxygen atoms in total. The Balaban J connectivity index is 1.46. The number of likely N-dealkylation sites (tertiary alicyclic amines) is 1. The number of carbonyl (C=O) groups is 1. The van der Waals surface area contributed by atoms with E-state index in [2.05, 4.69) is 16.5 Å². The Labute approximate surface area is 234 Å². The van der Waals surface area contributed by atoms with Crippen LogP contribution in [0.5, 0.6) is 0 Å². The van der Waals surface area contributed by atoms with Crippen LogP contribution in [0.2, 0.25) is 5.02 Å². The van der Waals surface area contributed by atoms with Crippen LogP contribution < -0.4 is 15.4 Å². The molecule has 0 aliphatic carbocycles. The zero-order valence-corrected chi connectivity index (χ0v) is 24.2. The lowest BCUT2D eigenvalue weighted by Gasteiger charge is -2.35. The molecule has 5 rings (SSSR count). The molecule has 2 aromatic heterocycles. The third-order valence-corrected chi connectivity index (χ3v) is 8.51. The molecule has 0 bridgehead atoms. The Morgan fingerprint density at radius 1 is 1.23 bits per heavy atom. The molecular weight excluding hydrogens is 538 g/mol. The number of benzene rings is 1. The molecule has 0 radical (unpaired) electrons. The molecule has 210 valence electrons. The van der Waals surface area contributed by atoms with Crippen LogP contribution in [-0.2, 0) is 10.0 Å². The van der Waals surface area contributed by atoms with Gasteiger partial charge in [0, 0.05) is 48.5 Å². The molecule has 3 aromatic rings. The highest BCUT2D eigenvalue weighted by Crippen LogP contribution is 2.35. The maximum absolute atomic E-state index is 13.8. The highest BCUT2D eigenvalue weighted by molar-refractivity contribution is 7.92. The number of anilines is 2. The fraction of sp³-hybridized carbons (Fsp3) is 0.519. The van der Waals surface area contributed by atoms with E-state index in [1.54, 1.807) is 15.5 Å². The zero-order chi connectivity index (χ0) is 27.9. The van der Waals surface area contributed by atoms with Crippen LogP contribution >= 0.6 is 11.6 Å². The van der Waals surface area contributed by atoms with Crippen LogP contribution in [-0.4, -0.2) is 65.8 Å². The van der Waals surface area contributed by atoms with E-state index in [1.165, 1.54) is 12.1 Å². The van der Waals surface area contributed by atoms with E-state index in [9.17, 15) is 13.2 Å². The number of halogens is 1. The summed E-state index contributed by atoms with van der Waals surface area (Å²) in [5.41, 5.74) is 9.35. The monoisotopic (exact) mass is 573 g/mol. The topological polar surface area (TPSA) is 126 Å². The van der Waals surface area contributed by atoms with E-state index in [0.717, 1.165) is 74.2 Å². The number of aryl methyl sites for hydroxylation is 1. The van der Waals surface area contributed by atoms with Crippen LogP contribution in [0.15, 0.2) is 30.5 Å². The quantitative estimate of drug-likeness (QED) is 0.437. The molecule has 0 unspecified atom stereocenters. The van der Waals surface area contributed by atoms with Gasteiger partial charge < -0.3 is 15.5 Å². The smallest absolute Gasteiger partial charge is 0.256 e. The first-order valence-corrected chi connectivity index (χ1v) is 15.8. The first kappa shape index (κ1) is 27.7. The van der Waals surface area contributed by atoms with Crippen molar-refractivity contribution in [3.8, 4) is 0 Å². The number of aromatic nitrogens is 3. The van der Waals surface area contributed by atoms with Crippen molar-refractivity contribution in [2.75, 3.05) is 35.5 Å². The molecular formula is C27H36ClN7O3S. The summed E-state index contributed by atoms with van der Waals surface area (Å²) in [5.74, 6) is 1.10. The molecule has 4 heterocycles. The van der Waals surface area contributed by atoms with E-state index in [-0.39, 0.29) is 29.2 Å². The minimum atomic E-state index is -3.59. The standard InChI is InChI=1S/C27H36ClN7O3S/c1-4-7-18-15-33(16-21(18)29)26-17(2)14-35-25(30-26)13-23(31-35)24-8-5-6-11-34(24)27(36)20-12-19(28)9-10-22(20)32-39(3,37)38/h9-10,12-14,18,21,24,32H,4-8,11,15-16,29H2,1-3H3/t18-,21+,24-/m0/s1. The lowest BCUT2D eigenvalue weighted by molar-refractivity contribution is 0.0607. The summed E-state index contributed by atoms with van der Waals surface area (Å²) >= 11 is 6.21. The fourth-order valence-electron chi connectivity index (χ4n) is 5.87. The van der Waals surface area contributed by atoms with Gasteiger partial charge in [0.25, 0.3) is 5.91 Å². The number of amides is 1. The van der Waals surface area contributed by atoms with Gasteiger partial charge in [0.15, 0.2) is 5.65 Å². The van der Waals surface area contributed by atoms with Crippen LogP contribution in [0.3, 0.4) is 0 Å². The first-order valence-electron chi connectivity index (χ1n) is 13.5. The van der Waals surface area contributed by atoms with Crippen molar-refractivity contribution in [3.63, 3.8) is 0 Å². The predicted molar refractivity (Wildman–Crippen MR) is 154 cm³/mol. The summed E-state index contributed by atoms with van der Waals surface area (Å²) in [4.78, 5) is 22.8. The predicted octanol–water partition coefficient (Wildman–Crippen LogP) is 3.99. The zero-order valence-electron chi connectivity index (χ0n) is 22.6. The number of fused-ring (bicyclic) bond motifs is 1. The van der Waals surface area contributed by atoms with Crippen molar-refractivity contribution in [2.24, 2.45) is 11.7 Å². The number of rotatable bonds is 7. The summed E-state index contributed by atoms with van der Waals surface area (Å²) in [5, 5.41) is 5.18. The number of carbonyl (C=O) groups excluding carboxylic acids is 1. The second-order valence-electron chi connectivity index (χ2n) is 10.8. The SMILES string of the molecule is CCC[C@H]1CN(c2nc3cc([C@@H]4CCCCN4C(=O)c4cc(Cl)ccc4NS(C)(=O)=O)nn3cc2C)C[C@H]1N. The lowest BCUT2D eigenvalue weighted by atomic mass is 9.98. The van der Waals surface area contributed by atoms with Gasteiger partial charge in [0.05, 0.1) is 29.2 Å². The van der Waals surface area contributed by atoms with Crippen molar-refractivity contribution in [2.45, 2.75) is 58.0 Å². The lowest BCUT2D eigenvalue weighted by Crippen LogP contribution is -2.39. The molecule has 1 aromatic carbocycles. The molecule has 2 aliphatic rings. The van der Waals surface area contributed by atoms with Crippen LogP contribution in [0.1, 0.15) is 66.7 Å². The number of nitrogens with zero attached hydrogens (tertiary/aromatic N) is 5. The third kappa shape index (κ3) is 5.85. The summed E-state index contributed by atoms with van der Waals surface area (Å²) in [6.45, 7) is 6.43. The van der Waals surface area contributed by atoms with Gasteiger partial charge in [-0.15, -0.1) is 0 Å². The Kier molecular flexibility index (Phi) is 7.76. The first-order chi connectivity index (χ1) is 18.5. The van der Waals surface area contributed by atoms with E-state index in [1.807, 2.05) is 19.2 Å². The molecule has 3 N–H and O–H groups in total. The summed E-state index contributed by atoms with van der Waals surface area (Å²) < 4.78 is 28.1. The number of piperidine rings is 1. The van der Waals surface area contributed by atoms with Crippen LogP contribution in [0.4, 0.5) is 11.5 Å². The highest BCUT2D eigenvalue weighted by atomic mass is 35.5. The molecule has 39 heavy (non-hydrogen) atoms. The number of hydrogen-bond donors (Lipinski definition) is 2. The molecule has 0 saturated carbocycles. The van der Waals surface area contributed by atoms with Gasteiger partial charge in [0.1, 0.15) is 5.82 Å². The molecule has 0 spiro atoms. The Hall–Kier alpha value is -2.89. The average molecular weight is 574 g/mol. The Morgan fingerprint density at radius 2 is 2.03 bits per heavy atom. The van der Waals surface area contributed by atoms with E-state index < -0.39 is 10.0 Å². The van der Waals surface area contributed by atoms with E-state index in [0.29, 0.717) is 17.5 Å². The maximum atomic E-state index is 13.8. The summed E-state index contributed by atoms with van der Waals surface area (Å²) in [6, 6.07) is 6.41. The fourth-order valence-corrected chi connectivity index (χ4v) is 6.62. The van der Waals surface area contributed by atoms with Gasteiger partial charge >= 0.3 is 0 Å². The highest BCUT2D eigenvalue weighted by Gasteiger charge is 2.34. The summed E-state index contributed by atoms with van der Waals surface area (Å²) in [7, 11) is -3.59. The minimum Gasteiger partial charge on any atom is -0.354 e. The minimum absolute atomic E-state index is 0.137.